The first-order valence-corrected chi connectivity index (χ1v) is 5.19. The van der Waals surface area contributed by atoms with Crippen molar-refractivity contribution in [3.05, 3.63) is 40.1 Å². The van der Waals surface area contributed by atoms with Crippen molar-refractivity contribution in [1.29, 1.82) is 0 Å². The standard InChI is InChI=1S/C11H12N4O3/c1-7-10(15(16)17)11(12)14(13-7)8-5-3-4-6-9(8)18-2/h3-6H,12H2,1-2H3. The molecule has 18 heavy (non-hydrogen) atoms. The molecule has 0 atom stereocenters. The van der Waals surface area contributed by atoms with Crippen molar-refractivity contribution in [2.75, 3.05) is 12.8 Å². The van der Waals surface area contributed by atoms with Gasteiger partial charge in [0.25, 0.3) is 0 Å². The zero-order valence-corrected chi connectivity index (χ0v) is 9.95. The van der Waals surface area contributed by atoms with Crippen molar-refractivity contribution >= 4 is 11.5 Å². The Hall–Kier alpha value is -2.57. The van der Waals surface area contributed by atoms with E-state index in [9.17, 15) is 10.1 Å². The Bertz CT molecular complexity index is 606. The molecule has 0 saturated heterocycles. The van der Waals surface area contributed by atoms with Gasteiger partial charge in [-0.25, -0.2) is 4.68 Å². The Morgan fingerprint density at radius 1 is 1.44 bits per heavy atom. The van der Waals surface area contributed by atoms with Crippen LogP contribution in [0.25, 0.3) is 5.69 Å². The Morgan fingerprint density at radius 3 is 2.67 bits per heavy atom. The zero-order valence-electron chi connectivity index (χ0n) is 9.95. The third-order valence-electron chi connectivity index (χ3n) is 2.56. The third-order valence-corrected chi connectivity index (χ3v) is 2.56. The van der Waals surface area contributed by atoms with Gasteiger partial charge in [0, 0.05) is 0 Å². The monoisotopic (exact) mass is 248 g/mol. The molecule has 2 aromatic rings. The van der Waals surface area contributed by atoms with Crippen LogP contribution in [-0.4, -0.2) is 21.8 Å². The van der Waals surface area contributed by atoms with E-state index >= 15 is 0 Å². The maximum atomic E-state index is 10.9. The summed E-state index contributed by atoms with van der Waals surface area (Å²) < 4.78 is 6.49. The van der Waals surface area contributed by atoms with Gasteiger partial charge in [-0.1, -0.05) is 12.1 Å². The summed E-state index contributed by atoms with van der Waals surface area (Å²) in [5.74, 6) is 0.531. The van der Waals surface area contributed by atoms with Gasteiger partial charge >= 0.3 is 5.69 Å². The van der Waals surface area contributed by atoms with Crippen molar-refractivity contribution in [2.24, 2.45) is 0 Å². The number of nitrogen functional groups attached to an aromatic ring is 1. The number of aryl methyl sites for hydroxylation is 1. The second kappa shape index (κ2) is 4.36. The molecule has 0 spiro atoms. The maximum absolute atomic E-state index is 10.9. The summed E-state index contributed by atoms with van der Waals surface area (Å²) in [6, 6.07) is 7.03. The lowest BCUT2D eigenvalue weighted by Crippen LogP contribution is -2.04. The first-order chi connectivity index (χ1) is 8.56. The summed E-state index contributed by atoms with van der Waals surface area (Å²) in [4.78, 5) is 10.3. The number of anilines is 1. The minimum absolute atomic E-state index is 0.0120. The quantitative estimate of drug-likeness (QED) is 0.658. The zero-order chi connectivity index (χ0) is 13.3. The fourth-order valence-electron chi connectivity index (χ4n) is 1.75. The van der Waals surface area contributed by atoms with Crippen LogP contribution in [0.2, 0.25) is 0 Å². The lowest BCUT2D eigenvalue weighted by Gasteiger charge is -2.08. The van der Waals surface area contributed by atoms with Crippen LogP contribution in [0, 0.1) is 17.0 Å². The van der Waals surface area contributed by atoms with Crippen molar-refractivity contribution in [2.45, 2.75) is 6.92 Å². The molecule has 0 amide bonds. The number of benzene rings is 1. The number of nitrogens with two attached hydrogens (primary N) is 1. The van der Waals surface area contributed by atoms with Gasteiger partial charge in [-0.15, -0.1) is 0 Å². The Labute approximate surface area is 103 Å². The molecule has 2 N–H and O–H groups in total. The normalized spacial score (nSPS) is 10.3. The third kappa shape index (κ3) is 1.75. The first-order valence-electron chi connectivity index (χ1n) is 5.19. The highest BCUT2D eigenvalue weighted by atomic mass is 16.6. The summed E-state index contributed by atoms with van der Waals surface area (Å²) >= 11 is 0. The molecule has 0 fully saturated rings. The molecule has 0 aliphatic heterocycles. The van der Waals surface area contributed by atoms with E-state index in [2.05, 4.69) is 5.10 Å². The van der Waals surface area contributed by atoms with Crippen LogP contribution in [0.4, 0.5) is 11.5 Å². The van der Waals surface area contributed by atoms with Crippen LogP contribution >= 0.6 is 0 Å². The fourth-order valence-corrected chi connectivity index (χ4v) is 1.75. The number of para-hydroxylation sites is 2. The molecular weight excluding hydrogens is 236 g/mol. The topological polar surface area (TPSA) is 96.2 Å². The van der Waals surface area contributed by atoms with Crippen LogP contribution < -0.4 is 10.5 Å². The molecule has 1 aromatic carbocycles. The Morgan fingerprint density at radius 2 is 2.11 bits per heavy atom. The number of hydrogen-bond acceptors (Lipinski definition) is 5. The Kier molecular flexibility index (Phi) is 2.88. The van der Waals surface area contributed by atoms with Gasteiger partial charge in [-0.3, -0.25) is 10.1 Å². The van der Waals surface area contributed by atoms with Crippen molar-refractivity contribution < 1.29 is 9.66 Å². The van der Waals surface area contributed by atoms with Gasteiger partial charge in [-0.05, 0) is 19.1 Å². The minimum Gasteiger partial charge on any atom is -0.494 e. The highest BCUT2D eigenvalue weighted by Crippen LogP contribution is 2.31. The number of hydrogen-bond donors (Lipinski definition) is 1. The van der Waals surface area contributed by atoms with Gasteiger partial charge in [0.2, 0.25) is 5.82 Å². The second-order valence-corrected chi connectivity index (χ2v) is 3.66. The molecule has 0 radical (unpaired) electrons. The smallest absolute Gasteiger partial charge is 0.333 e. The highest BCUT2D eigenvalue weighted by molar-refractivity contribution is 5.62. The lowest BCUT2D eigenvalue weighted by molar-refractivity contribution is -0.384. The molecule has 0 saturated carbocycles. The van der Waals surface area contributed by atoms with E-state index in [0.29, 0.717) is 11.4 Å². The minimum atomic E-state index is -0.538. The number of nitro groups is 1. The summed E-state index contributed by atoms with van der Waals surface area (Å²) in [6.07, 6.45) is 0. The van der Waals surface area contributed by atoms with Crippen LogP contribution in [-0.2, 0) is 0 Å². The van der Waals surface area contributed by atoms with Crippen molar-refractivity contribution in [1.82, 2.24) is 9.78 Å². The molecule has 1 aromatic heterocycles. The van der Waals surface area contributed by atoms with Gasteiger partial charge < -0.3 is 10.5 Å². The number of nitrogens with zero attached hydrogens (tertiary/aromatic N) is 3. The van der Waals surface area contributed by atoms with E-state index in [1.165, 1.54) is 11.8 Å². The van der Waals surface area contributed by atoms with E-state index in [4.69, 9.17) is 10.5 Å². The molecule has 0 unspecified atom stereocenters. The molecule has 1 heterocycles. The fraction of sp³-hybridized carbons (Fsp3) is 0.182. The summed E-state index contributed by atoms with van der Waals surface area (Å²) in [5.41, 5.74) is 6.41. The average Bonchev–Trinajstić information content (AvgIpc) is 2.64. The molecule has 2 rings (SSSR count). The van der Waals surface area contributed by atoms with Gasteiger partial charge in [-0.2, -0.15) is 5.10 Å². The first kappa shape index (κ1) is 11.9. The highest BCUT2D eigenvalue weighted by Gasteiger charge is 2.24. The SMILES string of the molecule is COc1ccccc1-n1nc(C)c([N+](=O)[O-])c1N. The second-order valence-electron chi connectivity index (χ2n) is 3.66. The molecule has 7 nitrogen and oxygen atoms in total. The lowest BCUT2D eigenvalue weighted by atomic mass is 10.3. The van der Waals surface area contributed by atoms with Crippen LogP contribution in [0.5, 0.6) is 5.75 Å². The van der Waals surface area contributed by atoms with Gasteiger partial charge in [0.15, 0.2) is 0 Å². The summed E-state index contributed by atoms with van der Waals surface area (Å²) in [7, 11) is 1.51. The largest absolute Gasteiger partial charge is 0.494 e. The summed E-state index contributed by atoms with van der Waals surface area (Å²) in [5, 5.41) is 15.0. The van der Waals surface area contributed by atoms with E-state index in [0.717, 1.165) is 0 Å². The maximum Gasteiger partial charge on any atom is 0.333 e. The van der Waals surface area contributed by atoms with E-state index in [-0.39, 0.29) is 17.2 Å². The molecule has 7 heteroatoms. The Balaban J connectivity index is 2.65. The predicted octanol–water partition coefficient (Wildman–Crippen LogP) is 1.68. The van der Waals surface area contributed by atoms with Gasteiger partial charge in [0.05, 0.1) is 12.0 Å². The van der Waals surface area contributed by atoms with Gasteiger partial charge in [0.1, 0.15) is 17.1 Å². The molecule has 0 bridgehead atoms. The molecular formula is C11H12N4O3. The number of ether oxygens (including phenoxy) is 1. The van der Waals surface area contributed by atoms with E-state index < -0.39 is 4.92 Å². The molecule has 0 aliphatic rings. The van der Waals surface area contributed by atoms with Crippen LogP contribution in [0.15, 0.2) is 24.3 Å². The number of rotatable bonds is 3. The predicted molar refractivity (Wildman–Crippen MR) is 65.9 cm³/mol. The molecule has 94 valence electrons. The number of aromatic nitrogens is 2. The average molecular weight is 248 g/mol. The van der Waals surface area contributed by atoms with Crippen molar-refractivity contribution in [3.63, 3.8) is 0 Å². The number of methoxy groups -OCH3 is 1. The van der Waals surface area contributed by atoms with Crippen LogP contribution in [0.1, 0.15) is 5.69 Å². The van der Waals surface area contributed by atoms with E-state index in [1.54, 1.807) is 31.2 Å². The summed E-state index contributed by atoms with van der Waals surface area (Å²) in [6.45, 7) is 1.54. The molecule has 0 aliphatic carbocycles. The van der Waals surface area contributed by atoms with Crippen molar-refractivity contribution in [3.8, 4) is 11.4 Å². The van der Waals surface area contributed by atoms with Crippen LogP contribution in [0.3, 0.4) is 0 Å². The van der Waals surface area contributed by atoms with E-state index in [1.807, 2.05) is 0 Å².